The van der Waals surface area contributed by atoms with Crippen molar-refractivity contribution >= 4 is 35.0 Å². The zero-order valence-electron chi connectivity index (χ0n) is 13.8. The first-order valence-corrected chi connectivity index (χ1v) is 8.99. The fraction of sp³-hybridized carbons (Fsp3) is 0.167. The summed E-state index contributed by atoms with van der Waals surface area (Å²) in [6.07, 6.45) is 1.66. The Labute approximate surface area is 155 Å². The normalized spacial score (nSPS) is 12.0. The van der Waals surface area contributed by atoms with Crippen molar-refractivity contribution in [3.8, 4) is 5.69 Å². The molecule has 1 atom stereocenters. The van der Waals surface area contributed by atoms with E-state index in [1.807, 2.05) is 42.7 Å². The highest BCUT2D eigenvalue weighted by atomic mass is 35.5. The molecule has 0 spiro atoms. The third kappa shape index (κ3) is 4.21. The van der Waals surface area contributed by atoms with E-state index in [1.165, 1.54) is 11.8 Å². The molecule has 128 valence electrons. The molecule has 1 N–H and O–H groups in total. The number of aryl methyl sites for hydroxylation is 1. The molecule has 25 heavy (non-hydrogen) atoms. The summed E-state index contributed by atoms with van der Waals surface area (Å²) in [5.41, 5.74) is 2.78. The molecule has 0 radical (unpaired) electrons. The maximum atomic E-state index is 12.4. The second-order valence-corrected chi connectivity index (χ2v) is 7.27. The van der Waals surface area contributed by atoms with Crippen LogP contribution in [0.5, 0.6) is 0 Å². The summed E-state index contributed by atoms with van der Waals surface area (Å²) in [5.74, 6) is -0.119. The number of para-hydroxylation sites is 1. The Morgan fingerprint density at radius 2 is 2.04 bits per heavy atom. The topological polar surface area (TPSA) is 59.8 Å². The van der Waals surface area contributed by atoms with Crippen LogP contribution in [0.3, 0.4) is 0 Å². The third-order valence-corrected chi connectivity index (χ3v) is 4.93. The minimum atomic E-state index is -0.342. The SMILES string of the molecule is Cc1ccccc1-n1cnnc1S[C@H](C)C(=O)Nc1cccc(Cl)c1. The Hall–Kier alpha value is -2.31. The number of anilines is 1. The van der Waals surface area contributed by atoms with Gasteiger partial charge < -0.3 is 5.32 Å². The number of nitrogens with one attached hydrogen (secondary N) is 1. The van der Waals surface area contributed by atoms with Crippen LogP contribution in [-0.4, -0.2) is 25.9 Å². The molecule has 0 aliphatic heterocycles. The predicted octanol–water partition coefficient (Wildman–Crippen LogP) is 4.35. The molecule has 2 aromatic carbocycles. The molecule has 0 fully saturated rings. The Balaban J connectivity index is 1.74. The number of carbonyl (C=O) groups is 1. The number of rotatable bonds is 5. The highest BCUT2D eigenvalue weighted by Gasteiger charge is 2.19. The molecule has 0 unspecified atom stereocenters. The monoisotopic (exact) mass is 372 g/mol. The van der Waals surface area contributed by atoms with Crippen LogP contribution in [0.25, 0.3) is 5.69 Å². The van der Waals surface area contributed by atoms with Crippen molar-refractivity contribution in [3.05, 3.63) is 65.4 Å². The molecule has 0 aliphatic rings. The van der Waals surface area contributed by atoms with E-state index < -0.39 is 0 Å². The highest BCUT2D eigenvalue weighted by Crippen LogP contribution is 2.26. The van der Waals surface area contributed by atoms with Crippen molar-refractivity contribution in [2.45, 2.75) is 24.3 Å². The molecule has 5 nitrogen and oxygen atoms in total. The van der Waals surface area contributed by atoms with E-state index in [0.29, 0.717) is 15.9 Å². The molecular weight excluding hydrogens is 356 g/mol. The smallest absolute Gasteiger partial charge is 0.237 e. The second-order valence-electron chi connectivity index (χ2n) is 5.53. The van der Waals surface area contributed by atoms with Crippen LogP contribution in [0, 0.1) is 6.92 Å². The lowest BCUT2D eigenvalue weighted by Gasteiger charge is -2.13. The molecule has 1 heterocycles. The largest absolute Gasteiger partial charge is 0.325 e. The van der Waals surface area contributed by atoms with Crippen molar-refractivity contribution in [1.82, 2.24) is 14.8 Å². The van der Waals surface area contributed by atoms with Crippen molar-refractivity contribution in [2.24, 2.45) is 0 Å². The Morgan fingerprint density at radius 3 is 2.80 bits per heavy atom. The first kappa shape index (κ1) is 17.5. The minimum Gasteiger partial charge on any atom is -0.325 e. The minimum absolute atomic E-state index is 0.119. The van der Waals surface area contributed by atoms with Gasteiger partial charge in [-0.15, -0.1) is 10.2 Å². The van der Waals surface area contributed by atoms with Crippen molar-refractivity contribution in [1.29, 1.82) is 0 Å². The highest BCUT2D eigenvalue weighted by molar-refractivity contribution is 8.00. The fourth-order valence-corrected chi connectivity index (χ4v) is 3.35. The summed E-state index contributed by atoms with van der Waals surface area (Å²) in [6.45, 7) is 3.86. The molecule has 1 aromatic heterocycles. The molecule has 0 bridgehead atoms. The van der Waals surface area contributed by atoms with Crippen LogP contribution in [0.4, 0.5) is 5.69 Å². The Morgan fingerprint density at radius 1 is 1.24 bits per heavy atom. The lowest BCUT2D eigenvalue weighted by Crippen LogP contribution is -2.22. The summed E-state index contributed by atoms with van der Waals surface area (Å²) in [5, 5.41) is 11.9. The lowest BCUT2D eigenvalue weighted by molar-refractivity contribution is -0.115. The number of halogens is 1. The number of carbonyl (C=O) groups excluding carboxylic acids is 1. The van der Waals surface area contributed by atoms with Crippen LogP contribution in [0.1, 0.15) is 12.5 Å². The van der Waals surface area contributed by atoms with E-state index in [4.69, 9.17) is 11.6 Å². The van der Waals surface area contributed by atoms with Gasteiger partial charge in [0.05, 0.1) is 10.9 Å². The molecule has 7 heteroatoms. The maximum absolute atomic E-state index is 12.4. The van der Waals surface area contributed by atoms with Crippen molar-refractivity contribution in [2.75, 3.05) is 5.32 Å². The molecule has 0 saturated carbocycles. The van der Waals surface area contributed by atoms with Crippen LogP contribution in [0.15, 0.2) is 60.0 Å². The van der Waals surface area contributed by atoms with E-state index in [1.54, 1.807) is 30.6 Å². The Kier molecular flexibility index (Phi) is 5.40. The van der Waals surface area contributed by atoms with Gasteiger partial charge in [-0.1, -0.05) is 47.6 Å². The average Bonchev–Trinajstić information content (AvgIpc) is 3.03. The fourth-order valence-electron chi connectivity index (χ4n) is 2.33. The predicted molar refractivity (Wildman–Crippen MR) is 101 cm³/mol. The number of nitrogens with zero attached hydrogens (tertiary/aromatic N) is 3. The first-order chi connectivity index (χ1) is 12.0. The molecular formula is C18H17ClN4OS. The first-order valence-electron chi connectivity index (χ1n) is 7.73. The number of aromatic nitrogens is 3. The number of thioether (sulfide) groups is 1. The summed E-state index contributed by atoms with van der Waals surface area (Å²) in [7, 11) is 0. The van der Waals surface area contributed by atoms with Gasteiger partial charge in [-0.3, -0.25) is 9.36 Å². The van der Waals surface area contributed by atoms with E-state index >= 15 is 0 Å². The summed E-state index contributed by atoms with van der Waals surface area (Å²) >= 11 is 7.30. The second kappa shape index (κ2) is 7.72. The van der Waals surface area contributed by atoms with Gasteiger partial charge in [0, 0.05) is 10.7 Å². The van der Waals surface area contributed by atoms with Gasteiger partial charge in [-0.05, 0) is 43.7 Å². The van der Waals surface area contributed by atoms with Crippen molar-refractivity contribution in [3.63, 3.8) is 0 Å². The average molecular weight is 373 g/mol. The molecule has 3 aromatic rings. The zero-order valence-corrected chi connectivity index (χ0v) is 15.4. The number of amides is 1. The van der Waals surface area contributed by atoms with E-state index in [2.05, 4.69) is 15.5 Å². The zero-order chi connectivity index (χ0) is 17.8. The van der Waals surface area contributed by atoms with Gasteiger partial charge in [0.25, 0.3) is 0 Å². The standard InChI is InChI=1S/C18H17ClN4OS/c1-12-6-3-4-9-16(12)23-11-20-22-18(23)25-13(2)17(24)21-15-8-5-7-14(19)10-15/h3-11,13H,1-2H3,(H,21,24)/t13-/m1/s1. The van der Waals surface area contributed by atoms with Crippen LogP contribution < -0.4 is 5.32 Å². The van der Waals surface area contributed by atoms with E-state index in [9.17, 15) is 4.79 Å². The lowest BCUT2D eigenvalue weighted by atomic mass is 10.2. The van der Waals surface area contributed by atoms with Gasteiger partial charge in [-0.25, -0.2) is 0 Å². The van der Waals surface area contributed by atoms with Gasteiger partial charge in [-0.2, -0.15) is 0 Å². The van der Waals surface area contributed by atoms with Gasteiger partial charge in [0.15, 0.2) is 5.16 Å². The van der Waals surface area contributed by atoms with Crippen LogP contribution >= 0.6 is 23.4 Å². The van der Waals surface area contributed by atoms with E-state index in [-0.39, 0.29) is 11.2 Å². The molecule has 0 aliphatic carbocycles. The van der Waals surface area contributed by atoms with Crippen LogP contribution in [-0.2, 0) is 4.79 Å². The molecule has 1 amide bonds. The quantitative estimate of drug-likeness (QED) is 0.676. The summed E-state index contributed by atoms with van der Waals surface area (Å²) in [4.78, 5) is 12.4. The van der Waals surface area contributed by atoms with Crippen LogP contribution in [0.2, 0.25) is 5.02 Å². The van der Waals surface area contributed by atoms with Crippen molar-refractivity contribution < 1.29 is 4.79 Å². The van der Waals surface area contributed by atoms with Gasteiger partial charge >= 0.3 is 0 Å². The third-order valence-electron chi connectivity index (χ3n) is 3.64. The number of benzene rings is 2. The maximum Gasteiger partial charge on any atom is 0.237 e. The molecule has 3 rings (SSSR count). The van der Waals surface area contributed by atoms with Gasteiger partial charge in [0.2, 0.25) is 5.91 Å². The molecule has 0 saturated heterocycles. The summed E-state index contributed by atoms with van der Waals surface area (Å²) in [6, 6.07) is 15.1. The summed E-state index contributed by atoms with van der Waals surface area (Å²) < 4.78 is 1.89. The number of hydrogen-bond acceptors (Lipinski definition) is 4. The van der Waals surface area contributed by atoms with E-state index in [0.717, 1.165) is 11.3 Å². The van der Waals surface area contributed by atoms with Gasteiger partial charge in [0.1, 0.15) is 6.33 Å². The number of hydrogen-bond donors (Lipinski definition) is 1. The Bertz CT molecular complexity index is 896.